The van der Waals surface area contributed by atoms with Gasteiger partial charge in [-0.05, 0) is 58.0 Å². The molecule has 3 aromatic rings. The van der Waals surface area contributed by atoms with Crippen LogP contribution >= 0.6 is 0 Å². The minimum absolute atomic E-state index is 0.107. The zero-order valence-electron chi connectivity index (χ0n) is 17.3. The highest BCUT2D eigenvalue weighted by molar-refractivity contribution is 7.97. The van der Waals surface area contributed by atoms with E-state index in [2.05, 4.69) is 55.5 Å². The van der Waals surface area contributed by atoms with Crippen LogP contribution in [-0.4, -0.2) is 18.2 Å². The van der Waals surface area contributed by atoms with E-state index in [4.69, 9.17) is 9.47 Å². The van der Waals surface area contributed by atoms with E-state index < -0.39 is 5.60 Å². The maximum absolute atomic E-state index is 12.0. The summed E-state index contributed by atoms with van der Waals surface area (Å²) in [6, 6.07) is 26.9. The number of carbonyl (C=O) groups excluding carboxylic acids is 1. The van der Waals surface area contributed by atoms with E-state index in [9.17, 15) is 4.79 Å². The van der Waals surface area contributed by atoms with Gasteiger partial charge in [-0.2, -0.15) is 0 Å². The molecule has 0 saturated carbocycles. The standard InChI is InChI=1S/C25H27O3S/c1-19-15-16-20(27-18-24(26)28-25(2,3)4)17-23(19)29(21-11-7-5-8-12-21)22-13-9-6-10-14-22/h5-17H,18H2,1-4H3/q+1. The van der Waals surface area contributed by atoms with Crippen LogP contribution in [0.5, 0.6) is 5.75 Å². The second kappa shape index (κ2) is 9.19. The van der Waals surface area contributed by atoms with Crippen molar-refractivity contribution in [2.75, 3.05) is 6.61 Å². The van der Waals surface area contributed by atoms with Crippen molar-refractivity contribution in [1.29, 1.82) is 0 Å². The van der Waals surface area contributed by atoms with Crippen LogP contribution in [0.4, 0.5) is 0 Å². The lowest BCUT2D eigenvalue weighted by molar-refractivity contribution is -0.157. The number of aryl methyl sites for hydroxylation is 1. The van der Waals surface area contributed by atoms with E-state index in [1.165, 1.54) is 20.2 Å². The van der Waals surface area contributed by atoms with Gasteiger partial charge >= 0.3 is 5.97 Å². The van der Waals surface area contributed by atoms with Crippen molar-refractivity contribution in [3.63, 3.8) is 0 Å². The molecule has 0 aromatic heterocycles. The molecule has 0 spiro atoms. The Morgan fingerprint density at radius 1 is 0.862 bits per heavy atom. The summed E-state index contributed by atoms with van der Waals surface area (Å²) in [5.41, 5.74) is 0.664. The number of ether oxygens (including phenoxy) is 2. The van der Waals surface area contributed by atoms with E-state index >= 15 is 0 Å². The molecule has 3 rings (SSSR count). The van der Waals surface area contributed by atoms with Crippen molar-refractivity contribution >= 4 is 16.9 Å². The Hall–Kier alpha value is -2.72. The summed E-state index contributed by atoms with van der Waals surface area (Å²) in [7, 11) is -0.263. The van der Waals surface area contributed by atoms with E-state index in [0.717, 1.165) is 0 Å². The van der Waals surface area contributed by atoms with Crippen molar-refractivity contribution in [1.82, 2.24) is 0 Å². The first kappa shape index (κ1) is 21.0. The summed E-state index contributed by atoms with van der Waals surface area (Å²) in [5.74, 6) is 0.297. The van der Waals surface area contributed by atoms with Crippen LogP contribution in [0.3, 0.4) is 0 Å². The molecule has 0 aliphatic heterocycles. The number of rotatable bonds is 6. The highest BCUT2D eigenvalue weighted by atomic mass is 32.2. The first-order chi connectivity index (χ1) is 13.8. The van der Waals surface area contributed by atoms with Crippen molar-refractivity contribution in [3.8, 4) is 5.75 Å². The number of hydrogen-bond donors (Lipinski definition) is 0. The van der Waals surface area contributed by atoms with Gasteiger partial charge in [0.25, 0.3) is 0 Å². The minimum Gasteiger partial charge on any atom is -0.482 e. The molecule has 0 fully saturated rings. The van der Waals surface area contributed by atoms with Crippen LogP contribution in [0.2, 0.25) is 0 Å². The molecule has 3 aromatic carbocycles. The largest absolute Gasteiger partial charge is 0.482 e. The SMILES string of the molecule is Cc1ccc(OCC(=O)OC(C)(C)C)cc1[S+](c1ccccc1)c1ccccc1. The molecule has 0 aliphatic carbocycles. The van der Waals surface area contributed by atoms with Gasteiger partial charge in [-0.25, -0.2) is 4.79 Å². The fraction of sp³-hybridized carbons (Fsp3) is 0.240. The molecule has 4 heteroatoms. The summed E-state index contributed by atoms with van der Waals surface area (Å²) in [5, 5.41) is 0. The minimum atomic E-state index is -0.522. The molecule has 0 saturated heterocycles. The lowest BCUT2D eigenvalue weighted by atomic mass is 10.2. The summed E-state index contributed by atoms with van der Waals surface area (Å²) in [6.45, 7) is 7.55. The van der Waals surface area contributed by atoms with E-state index in [1.54, 1.807) is 0 Å². The molecule has 0 amide bonds. The molecular weight excluding hydrogens is 380 g/mol. The van der Waals surface area contributed by atoms with Crippen molar-refractivity contribution in [2.24, 2.45) is 0 Å². The Morgan fingerprint density at radius 2 is 1.41 bits per heavy atom. The molecule has 0 heterocycles. The third-order valence-electron chi connectivity index (χ3n) is 4.11. The van der Waals surface area contributed by atoms with Crippen molar-refractivity contribution < 1.29 is 14.3 Å². The van der Waals surface area contributed by atoms with Gasteiger partial charge in [-0.1, -0.05) is 42.5 Å². The smallest absolute Gasteiger partial charge is 0.344 e. The van der Waals surface area contributed by atoms with Gasteiger partial charge in [0.05, 0.1) is 10.9 Å². The predicted octanol–water partition coefficient (Wildman–Crippen LogP) is 5.81. The molecule has 3 nitrogen and oxygen atoms in total. The molecule has 0 atom stereocenters. The average molecular weight is 408 g/mol. The van der Waals surface area contributed by atoms with Gasteiger partial charge < -0.3 is 9.47 Å². The predicted molar refractivity (Wildman–Crippen MR) is 118 cm³/mol. The van der Waals surface area contributed by atoms with Crippen LogP contribution in [0, 0.1) is 6.92 Å². The maximum Gasteiger partial charge on any atom is 0.344 e. The van der Waals surface area contributed by atoms with Gasteiger partial charge in [-0.15, -0.1) is 0 Å². The summed E-state index contributed by atoms with van der Waals surface area (Å²) in [6.07, 6.45) is 0. The number of benzene rings is 3. The van der Waals surface area contributed by atoms with Gasteiger partial charge in [-0.3, -0.25) is 0 Å². The molecule has 29 heavy (non-hydrogen) atoms. The Bertz CT molecular complexity index is 907. The topological polar surface area (TPSA) is 35.5 Å². The summed E-state index contributed by atoms with van der Waals surface area (Å²) < 4.78 is 11.1. The number of esters is 1. The Kier molecular flexibility index (Phi) is 6.65. The molecule has 0 radical (unpaired) electrons. The second-order valence-corrected chi connectivity index (χ2v) is 9.73. The van der Waals surface area contributed by atoms with Crippen LogP contribution in [-0.2, 0) is 20.4 Å². The summed E-state index contributed by atoms with van der Waals surface area (Å²) >= 11 is 0. The lowest BCUT2D eigenvalue weighted by Gasteiger charge is -2.19. The fourth-order valence-electron chi connectivity index (χ4n) is 2.91. The first-order valence-electron chi connectivity index (χ1n) is 9.63. The molecule has 0 aliphatic rings. The van der Waals surface area contributed by atoms with Crippen molar-refractivity contribution in [2.45, 2.75) is 48.0 Å². The number of hydrogen-bond acceptors (Lipinski definition) is 3. The third kappa shape index (κ3) is 5.88. The Labute approximate surface area is 176 Å². The quantitative estimate of drug-likeness (QED) is 0.382. The highest BCUT2D eigenvalue weighted by Crippen LogP contribution is 2.34. The van der Waals surface area contributed by atoms with Crippen LogP contribution < -0.4 is 4.74 Å². The van der Waals surface area contributed by atoms with E-state index in [-0.39, 0.29) is 23.5 Å². The molecule has 0 unspecified atom stereocenters. The zero-order valence-corrected chi connectivity index (χ0v) is 18.2. The van der Waals surface area contributed by atoms with Crippen LogP contribution in [0.15, 0.2) is 93.5 Å². The number of carbonyl (C=O) groups is 1. The molecular formula is C25H27O3S+. The van der Waals surface area contributed by atoms with Crippen LogP contribution in [0.1, 0.15) is 26.3 Å². The highest BCUT2D eigenvalue weighted by Gasteiger charge is 2.30. The van der Waals surface area contributed by atoms with Gasteiger partial charge in [0.1, 0.15) is 11.4 Å². The molecule has 150 valence electrons. The monoisotopic (exact) mass is 407 g/mol. The summed E-state index contributed by atoms with van der Waals surface area (Å²) in [4.78, 5) is 15.7. The lowest BCUT2D eigenvalue weighted by Crippen LogP contribution is -2.27. The molecule has 0 bridgehead atoms. The normalized spacial score (nSPS) is 11.3. The first-order valence-corrected chi connectivity index (χ1v) is 10.9. The second-order valence-electron chi connectivity index (χ2n) is 7.73. The van der Waals surface area contributed by atoms with E-state index in [0.29, 0.717) is 5.75 Å². The van der Waals surface area contributed by atoms with Crippen molar-refractivity contribution in [3.05, 3.63) is 84.4 Å². The molecule has 0 N–H and O–H groups in total. The maximum atomic E-state index is 12.0. The van der Waals surface area contributed by atoms with Gasteiger partial charge in [0, 0.05) is 11.6 Å². The van der Waals surface area contributed by atoms with Gasteiger partial charge in [0.15, 0.2) is 21.3 Å². The Balaban J connectivity index is 1.91. The third-order valence-corrected chi connectivity index (χ3v) is 6.48. The fourth-order valence-corrected chi connectivity index (χ4v) is 5.17. The Morgan fingerprint density at radius 3 is 1.93 bits per heavy atom. The van der Waals surface area contributed by atoms with Gasteiger partial charge in [0.2, 0.25) is 0 Å². The van der Waals surface area contributed by atoms with E-state index in [1.807, 2.05) is 51.1 Å². The average Bonchev–Trinajstić information content (AvgIpc) is 2.69. The zero-order chi connectivity index (χ0) is 20.9. The van der Waals surface area contributed by atoms with Crippen LogP contribution in [0.25, 0.3) is 0 Å².